The number of fused-ring (bicyclic) bond motifs is 1. The topological polar surface area (TPSA) is 36.0 Å². The van der Waals surface area contributed by atoms with Crippen LogP contribution in [0.2, 0.25) is 0 Å². The summed E-state index contributed by atoms with van der Waals surface area (Å²) < 4.78 is 0. The van der Waals surface area contributed by atoms with Crippen LogP contribution < -0.4 is 0 Å². The molecular formula is C12H15NO. The smallest absolute Gasteiger partial charge is 0.0840 e. The SMILES string of the molecule is Cc1c[nH]c2ccc(C(C)(C)O)cc12. The summed E-state index contributed by atoms with van der Waals surface area (Å²) in [5.74, 6) is 0. The molecular weight excluding hydrogens is 174 g/mol. The van der Waals surface area contributed by atoms with Gasteiger partial charge in [0.2, 0.25) is 0 Å². The molecule has 0 saturated carbocycles. The summed E-state index contributed by atoms with van der Waals surface area (Å²) in [6.07, 6.45) is 1.98. The van der Waals surface area contributed by atoms with Crippen molar-refractivity contribution in [3.63, 3.8) is 0 Å². The van der Waals surface area contributed by atoms with E-state index in [0.29, 0.717) is 0 Å². The zero-order chi connectivity index (χ0) is 10.3. The summed E-state index contributed by atoms with van der Waals surface area (Å²) in [7, 11) is 0. The van der Waals surface area contributed by atoms with E-state index in [9.17, 15) is 5.11 Å². The summed E-state index contributed by atoms with van der Waals surface area (Å²) >= 11 is 0. The number of aromatic amines is 1. The van der Waals surface area contributed by atoms with Gasteiger partial charge in [-0.05, 0) is 44.0 Å². The van der Waals surface area contributed by atoms with E-state index in [4.69, 9.17) is 0 Å². The van der Waals surface area contributed by atoms with Crippen molar-refractivity contribution in [1.82, 2.24) is 4.98 Å². The lowest BCUT2D eigenvalue weighted by Gasteiger charge is -2.17. The largest absolute Gasteiger partial charge is 0.386 e. The normalized spacial score (nSPS) is 12.3. The Morgan fingerprint density at radius 2 is 2.00 bits per heavy atom. The Bertz CT molecular complexity index is 463. The molecule has 14 heavy (non-hydrogen) atoms. The Morgan fingerprint density at radius 1 is 1.29 bits per heavy atom. The van der Waals surface area contributed by atoms with Crippen LogP contribution in [0.3, 0.4) is 0 Å². The minimum atomic E-state index is -0.766. The number of rotatable bonds is 1. The molecule has 0 aliphatic rings. The number of aryl methyl sites for hydroxylation is 1. The van der Waals surface area contributed by atoms with Gasteiger partial charge in [-0.3, -0.25) is 0 Å². The quantitative estimate of drug-likeness (QED) is 0.711. The highest BCUT2D eigenvalue weighted by atomic mass is 16.3. The molecule has 0 aliphatic carbocycles. The first kappa shape index (κ1) is 9.28. The van der Waals surface area contributed by atoms with Crippen LogP contribution in [0.1, 0.15) is 25.0 Å². The van der Waals surface area contributed by atoms with Gasteiger partial charge in [0.05, 0.1) is 5.60 Å². The number of benzene rings is 1. The van der Waals surface area contributed by atoms with Crippen molar-refractivity contribution in [1.29, 1.82) is 0 Å². The summed E-state index contributed by atoms with van der Waals surface area (Å²) in [5, 5.41) is 11.1. The molecule has 0 radical (unpaired) electrons. The summed E-state index contributed by atoms with van der Waals surface area (Å²) in [5.41, 5.74) is 2.52. The van der Waals surface area contributed by atoms with Gasteiger partial charge in [-0.1, -0.05) is 6.07 Å². The van der Waals surface area contributed by atoms with Gasteiger partial charge >= 0.3 is 0 Å². The molecule has 2 nitrogen and oxygen atoms in total. The third-order valence-electron chi connectivity index (χ3n) is 2.60. The molecule has 2 aromatic rings. The standard InChI is InChI=1S/C12H15NO/c1-8-7-13-11-5-4-9(6-10(8)11)12(2,3)14/h4-7,13-14H,1-3H3. The van der Waals surface area contributed by atoms with Gasteiger partial charge in [0.15, 0.2) is 0 Å². The number of hydrogen-bond donors (Lipinski definition) is 2. The van der Waals surface area contributed by atoms with E-state index >= 15 is 0 Å². The Hall–Kier alpha value is -1.28. The van der Waals surface area contributed by atoms with Crippen LogP contribution in [0.15, 0.2) is 24.4 Å². The maximum atomic E-state index is 9.87. The molecule has 0 unspecified atom stereocenters. The Morgan fingerprint density at radius 3 is 2.64 bits per heavy atom. The first-order valence-electron chi connectivity index (χ1n) is 4.79. The number of H-pyrrole nitrogens is 1. The lowest BCUT2D eigenvalue weighted by atomic mass is 9.96. The second kappa shape index (κ2) is 2.85. The second-order valence-electron chi connectivity index (χ2n) is 4.29. The first-order chi connectivity index (χ1) is 6.48. The van der Waals surface area contributed by atoms with Crippen LogP contribution in [-0.4, -0.2) is 10.1 Å². The molecule has 0 fully saturated rings. The van der Waals surface area contributed by atoms with E-state index in [-0.39, 0.29) is 0 Å². The molecule has 74 valence electrons. The molecule has 0 saturated heterocycles. The van der Waals surface area contributed by atoms with Gasteiger partial charge < -0.3 is 10.1 Å². The maximum absolute atomic E-state index is 9.87. The third-order valence-corrected chi connectivity index (χ3v) is 2.60. The van der Waals surface area contributed by atoms with Crippen molar-refractivity contribution in [3.05, 3.63) is 35.5 Å². The lowest BCUT2D eigenvalue weighted by molar-refractivity contribution is 0.0787. The molecule has 2 heteroatoms. The number of aromatic nitrogens is 1. The zero-order valence-electron chi connectivity index (χ0n) is 8.76. The zero-order valence-corrected chi connectivity index (χ0v) is 8.76. The Labute approximate surface area is 83.6 Å². The van der Waals surface area contributed by atoms with E-state index in [2.05, 4.69) is 11.9 Å². The Kier molecular flexibility index (Phi) is 1.89. The highest BCUT2D eigenvalue weighted by molar-refractivity contribution is 5.83. The van der Waals surface area contributed by atoms with Crippen LogP contribution in [-0.2, 0) is 5.60 Å². The summed E-state index contributed by atoms with van der Waals surface area (Å²) in [6, 6.07) is 6.01. The maximum Gasteiger partial charge on any atom is 0.0840 e. The molecule has 0 aliphatic heterocycles. The summed E-state index contributed by atoms with van der Waals surface area (Å²) in [4.78, 5) is 3.18. The molecule has 0 amide bonds. The van der Waals surface area contributed by atoms with Gasteiger partial charge in [-0.2, -0.15) is 0 Å². The van der Waals surface area contributed by atoms with Crippen LogP contribution in [0.5, 0.6) is 0 Å². The molecule has 0 atom stereocenters. The van der Waals surface area contributed by atoms with Crippen LogP contribution in [0, 0.1) is 6.92 Å². The van der Waals surface area contributed by atoms with Gasteiger partial charge in [0.1, 0.15) is 0 Å². The van der Waals surface area contributed by atoms with Crippen molar-refractivity contribution < 1.29 is 5.11 Å². The molecule has 2 rings (SSSR count). The monoisotopic (exact) mass is 189 g/mol. The van der Waals surface area contributed by atoms with Crippen LogP contribution in [0.4, 0.5) is 0 Å². The fraction of sp³-hybridized carbons (Fsp3) is 0.333. The minimum absolute atomic E-state index is 0.766. The predicted molar refractivity (Wildman–Crippen MR) is 58.3 cm³/mol. The number of hydrogen-bond acceptors (Lipinski definition) is 1. The predicted octanol–water partition coefficient (Wildman–Crippen LogP) is 2.70. The third kappa shape index (κ3) is 1.42. The second-order valence-corrected chi connectivity index (χ2v) is 4.29. The van der Waals surface area contributed by atoms with Gasteiger partial charge in [-0.25, -0.2) is 0 Å². The molecule has 2 N–H and O–H groups in total. The van der Waals surface area contributed by atoms with Crippen LogP contribution in [0.25, 0.3) is 10.9 Å². The highest BCUT2D eigenvalue weighted by Crippen LogP contribution is 2.25. The van der Waals surface area contributed by atoms with Crippen molar-refractivity contribution in [3.8, 4) is 0 Å². The molecule has 1 aromatic heterocycles. The van der Waals surface area contributed by atoms with Crippen molar-refractivity contribution in [2.75, 3.05) is 0 Å². The molecule has 0 spiro atoms. The van der Waals surface area contributed by atoms with Crippen molar-refractivity contribution >= 4 is 10.9 Å². The molecule has 1 aromatic carbocycles. The van der Waals surface area contributed by atoms with Gasteiger partial charge in [0.25, 0.3) is 0 Å². The van der Waals surface area contributed by atoms with Crippen molar-refractivity contribution in [2.45, 2.75) is 26.4 Å². The van der Waals surface area contributed by atoms with Gasteiger partial charge in [0, 0.05) is 17.1 Å². The van der Waals surface area contributed by atoms with Crippen molar-refractivity contribution in [2.24, 2.45) is 0 Å². The fourth-order valence-corrected chi connectivity index (χ4v) is 1.64. The Balaban J connectivity index is 2.66. The van der Waals surface area contributed by atoms with Gasteiger partial charge in [-0.15, -0.1) is 0 Å². The average Bonchev–Trinajstić information content (AvgIpc) is 2.46. The fourth-order valence-electron chi connectivity index (χ4n) is 1.64. The molecule has 0 bridgehead atoms. The number of aliphatic hydroxyl groups is 1. The van der Waals surface area contributed by atoms with E-state index in [0.717, 1.165) is 11.1 Å². The van der Waals surface area contributed by atoms with E-state index in [1.807, 2.05) is 24.4 Å². The molecule has 1 heterocycles. The minimum Gasteiger partial charge on any atom is -0.386 e. The van der Waals surface area contributed by atoms with E-state index in [1.54, 1.807) is 13.8 Å². The summed E-state index contributed by atoms with van der Waals surface area (Å²) in [6.45, 7) is 5.67. The highest BCUT2D eigenvalue weighted by Gasteiger charge is 2.16. The average molecular weight is 189 g/mol. The van der Waals surface area contributed by atoms with Crippen LogP contribution >= 0.6 is 0 Å². The number of nitrogens with one attached hydrogen (secondary N) is 1. The van der Waals surface area contributed by atoms with E-state index in [1.165, 1.54) is 10.9 Å². The lowest BCUT2D eigenvalue weighted by Crippen LogP contribution is -2.14. The first-order valence-corrected chi connectivity index (χ1v) is 4.79. The van der Waals surface area contributed by atoms with E-state index < -0.39 is 5.60 Å².